The number of rotatable bonds is 59. The Morgan fingerprint density at radius 1 is 0.316 bits per heavy atom. The number of hydroxylamine groups is 3. The van der Waals surface area contributed by atoms with E-state index in [9.17, 15) is 0 Å². The molecule has 11 atom stereocenters. The lowest BCUT2D eigenvalue weighted by Crippen LogP contribution is -2.18. The highest BCUT2D eigenvalue weighted by Crippen LogP contribution is 2.10. The first kappa shape index (κ1) is 200. The van der Waals surface area contributed by atoms with Gasteiger partial charge in [-0.15, -0.1) is 0 Å². The van der Waals surface area contributed by atoms with Crippen LogP contribution in [0.2, 0.25) is 0 Å². The van der Waals surface area contributed by atoms with Gasteiger partial charge in [-0.2, -0.15) is 0 Å². The summed E-state index contributed by atoms with van der Waals surface area (Å²) < 4.78 is 50.9. The van der Waals surface area contributed by atoms with Gasteiger partial charge >= 0.3 is 0 Å². The van der Waals surface area contributed by atoms with Gasteiger partial charge in [0.05, 0.1) is 68.9 Å². The van der Waals surface area contributed by atoms with Crippen molar-refractivity contribution >= 4 is 30.6 Å². The molecule has 0 rings (SSSR count). The van der Waals surface area contributed by atoms with Crippen molar-refractivity contribution in [3.63, 3.8) is 0 Å². The molecule has 0 saturated heterocycles. The van der Waals surface area contributed by atoms with Crippen molar-refractivity contribution in [1.82, 2.24) is 21.3 Å². The van der Waals surface area contributed by atoms with Gasteiger partial charge in [-0.25, -0.2) is 36.0 Å². The van der Waals surface area contributed by atoms with Crippen molar-refractivity contribution in [1.29, 1.82) is 0 Å². The molecule has 3 N–H and O–H groups in total. The lowest BCUT2D eigenvalue weighted by atomic mass is 10.0. The number of ether oxygens (including phenoxy) is 10. The highest BCUT2D eigenvalue weighted by molar-refractivity contribution is 5.78. The van der Waals surface area contributed by atoms with Crippen molar-refractivity contribution in [3.05, 3.63) is 11.6 Å². The number of oxime groups is 1. The van der Waals surface area contributed by atoms with Crippen LogP contribution in [-0.2, 0) is 86.3 Å². The van der Waals surface area contributed by atoms with Crippen molar-refractivity contribution in [2.45, 2.75) is 509 Å². The number of aliphatic imine (C=N–C) groups is 4. The molecule has 0 aromatic heterocycles. The fourth-order valence-corrected chi connectivity index (χ4v) is 5.75. The van der Waals surface area contributed by atoms with Gasteiger partial charge in [-0.3, -0.25) is 39.4 Å². The van der Waals surface area contributed by atoms with E-state index in [2.05, 4.69) is 219 Å². The molecular formula is C106H261N9O18. The van der Waals surface area contributed by atoms with Crippen LogP contribution in [0.25, 0.3) is 0 Å². The second-order valence-corrected chi connectivity index (χ2v) is 27.9. The third-order valence-corrected chi connectivity index (χ3v) is 15.4. The Bertz CT molecular complexity index is 1740. The zero-order valence-corrected chi connectivity index (χ0v) is 87.8. The summed E-state index contributed by atoms with van der Waals surface area (Å²) in [6.07, 6.45) is 28.9. The van der Waals surface area contributed by atoms with Gasteiger partial charge in [-0.05, 0) is 236 Å². The van der Waals surface area contributed by atoms with Crippen LogP contribution in [0, 0.1) is 5.92 Å². The minimum Gasteiger partial charge on any atom is -0.399 e. The molecular weight excluding hydrogens is 1690 g/mol. The summed E-state index contributed by atoms with van der Waals surface area (Å²) in [5.41, 5.74) is 10.6. The topological polar surface area (TPSA) is 267 Å². The standard InChI is InChI=1S/2C8H18N2O.C8H17NO2.C8H17NO.C8H18.C7H17NO2.C7H16O3.2C7H16O2.C6H14O.C6H12.C5H13NO.C5H12O.C4H9NO.12CH4/c3*1-4-8(3)9-6-7-11-10-5-2;1-4-8(3)9-6-7-10-5-2;1-4-6-7-8(3)5-2;1-4-7(3)9-6-10-8-5-2;1-4-7(3)8-6-10-9-5-2;2*1-4-7(3)9-6-8-5-2;1-4-6(3)7-5-2;1-4-5-6(2)3;1-4-7-5-6(2)3;1-4-5(2)6-3;1-4(2)5-6-3;;;;;;;;;;;;/h2*6,8,10H,4-5,7H2,1-3H3;6,8H,4-5,7H2,1-3H3;6,8H,4-5,7H2,1-3H3;8H,4-7H2,1-3H3;7-8H,4-6H2,1-3H3;7H,4-6H2,1-3H3;2*7H,4-6H2,1-3H3;6H,4-5H2,1-3H3;5H,4H2,1-3H3;4-5H2,1-3H3;5H,4H2,1-3H3;1-3H3;12*1H4. The van der Waals surface area contributed by atoms with Crippen molar-refractivity contribution in [2.75, 3.05) is 155 Å². The normalized spacial score (nSPS) is 11.9. The fourth-order valence-electron chi connectivity index (χ4n) is 5.75. The molecule has 0 radical (unpaired) electrons. The molecule has 0 heterocycles. The third-order valence-electron chi connectivity index (χ3n) is 15.4. The molecule has 0 aliphatic rings. The van der Waals surface area contributed by atoms with Crippen molar-refractivity contribution in [2.24, 2.45) is 31.0 Å². The van der Waals surface area contributed by atoms with E-state index in [0.717, 1.165) is 135 Å². The van der Waals surface area contributed by atoms with Gasteiger partial charge in [0.15, 0.2) is 13.6 Å². The van der Waals surface area contributed by atoms with Crippen LogP contribution in [0.15, 0.2) is 36.8 Å². The van der Waals surface area contributed by atoms with Gasteiger partial charge in [0.25, 0.3) is 0 Å². The summed E-state index contributed by atoms with van der Waals surface area (Å²) in [7, 11) is 7.23. The molecule has 0 aliphatic heterocycles. The second kappa shape index (κ2) is 195. The quantitative estimate of drug-likeness (QED) is 0.0128. The molecule has 0 aromatic rings. The van der Waals surface area contributed by atoms with Gasteiger partial charge in [0.1, 0.15) is 40.5 Å². The first-order valence-electron chi connectivity index (χ1n) is 46.5. The molecule has 0 bridgehead atoms. The number of unbranched alkanes of at least 4 members (excludes halogenated alkanes) is 1. The number of hydrogen-bond acceptors (Lipinski definition) is 27. The predicted molar refractivity (Wildman–Crippen MR) is 603 cm³/mol. The largest absolute Gasteiger partial charge is 0.399 e. The number of nitrogens with one attached hydrogen (secondary N) is 3. The maximum absolute atomic E-state index is 5.21. The Morgan fingerprint density at radius 3 is 0.857 bits per heavy atom. The average Bonchev–Trinajstić information content (AvgIpc) is 1.09. The molecule has 133 heavy (non-hydrogen) atoms. The lowest BCUT2D eigenvalue weighted by molar-refractivity contribution is -0.338. The monoisotopic (exact) mass is 1950 g/mol. The SMILES string of the molecule is C.C.C.C.C.C.C.C.C.C.C.C.CCC(C)OC.CCC=C(C)C.CCCCC(C)CC.CCNOCC=NC(C)CC.CCNOCC=NC(C)CC.CCNOCOC(C)CC.CCOC(C)CC.CCOCC=NC(C)CC.CCOCN(C)C.CCOCOC(C)CC.CCOCOC(C)CC.CCOOCC=NC(C)CC.CCOOCOC(C)CC.CON=C(C)C. The summed E-state index contributed by atoms with van der Waals surface area (Å²) >= 11 is 0. The number of nitrogens with zero attached hydrogens (tertiary/aromatic N) is 6. The zero-order chi connectivity index (χ0) is 96.0. The van der Waals surface area contributed by atoms with E-state index in [4.69, 9.17) is 66.8 Å². The zero-order valence-electron chi connectivity index (χ0n) is 87.8. The first-order chi connectivity index (χ1) is 57.7. The summed E-state index contributed by atoms with van der Waals surface area (Å²) in [4.78, 5) is 56.7. The third kappa shape index (κ3) is 275. The Kier molecular flexibility index (Phi) is 294. The molecule has 0 aromatic carbocycles. The smallest absolute Gasteiger partial charge is 0.181 e. The van der Waals surface area contributed by atoms with Gasteiger partial charge in [0.2, 0.25) is 0 Å². The van der Waals surface area contributed by atoms with Crippen LogP contribution in [0.5, 0.6) is 0 Å². The van der Waals surface area contributed by atoms with Crippen LogP contribution in [0.1, 0.15) is 449 Å². The van der Waals surface area contributed by atoms with E-state index in [-0.39, 0.29) is 102 Å². The molecule has 0 amide bonds. The molecule has 27 heteroatoms. The Hall–Kier alpha value is -2.95. The summed E-state index contributed by atoms with van der Waals surface area (Å²) in [5.74, 6) is 0.954. The number of hydrogen-bond donors (Lipinski definition) is 3. The highest BCUT2D eigenvalue weighted by Gasteiger charge is 2.01. The Balaban J connectivity index is -0.0000000385. The Labute approximate surface area is 840 Å². The van der Waals surface area contributed by atoms with E-state index in [1.54, 1.807) is 25.8 Å². The van der Waals surface area contributed by atoms with E-state index < -0.39 is 0 Å². The molecule has 0 saturated carbocycles. The minimum absolute atomic E-state index is 0. The van der Waals surface area contributed by atoms with E-state index >= 15 is 0 Å². The minimum atomic E-state index is 0. The summed E-state index contributed by atoms with van der Waals surface area (Å²) in [6.45, 7) is 90.1. The van der Waals surface area contributed by atoms with Crippen LogP contribution >= 0.6 is 0 Å². The molecule has 27 nitrogen and oxygen atoms in total. The maximum atomic E-state index is 5.21. The van der Waals surface area contributed by atoms with E-state index in [0.29, 0.717) is 115 Å². The molecule has 0 aliphatic carbocycles. The predicted octanol–water partition coefficient (Wildman–Crippen LogP) is 31.2. The molecule has 838 valence electrons. The number of methoxy groups -OCH3 is 1. The van der Waals surface area contributed by atoms with Crippen molar-refractivity contribution in [3.8, 4) is 0 Å². The summed E-state index contributed by atoms with van der Waals surface area (Å²) in [6, 6.07) is 1.67. The van der Waals surface area contributed by atoms with Crippen molar-refractivity contribution < 1.29 is 86.3 Å². The summed E-state index contributed by atoms with van der Waals surface area (Å²) in [5, 5.41) is 3.54. The highest BCUT2D eigenvalue weighted by atomic mass is 17.2. The van der Waals surface area contributed by atoms with E-state index in [1.165, 1.54) is 44.8 Å². The van der Waals surface area contributed by atoms with Gasteiger partial charge in [0, 0.05) is 109 Å². The van der Waals surface area contributed by atoms with Crippen LogP contribution in [0.4, 0.5) is 0 Å². The van der Waals surface area contributed by atoms with E-state index in [1.807, 2.05) is 136 Å². The van der Waals surface area contributed by atoms with Gasteiger partial charge in [-0.1, -0.05) is 249 Å². The molecule has 0 fully saturated rings. The van der Waals surface area contributed by atoms with Crippen LogP contribution in [-0.4, -0.2) is 251 Å². The fraction of sp³-hybridized carbons (Fsp3) is 0.934. The molecule has 11 unspecified atom stereocenters. The first-order valence-corrected chi connectivity index (χ1v) is 46.5. The van der Waals surface area contributed by atoms with Crippen LogP contribution < -0.4 is 16.4 Å². The maximum Gasteiger partial charge on any atom is 0.181 e. The molecule has 0 spiro atoms. The Morgan fingerprint density at radius 2 is 0.632 bits per heavy atom. The average molecular weight is 1950 g/mol. The van der Waals surface area contributed by atoms with Crippen LogP contribution in [0.3, 0.4) is 0 Å². The second-order valence-electron chi connectivity index (χ2n) is 27.9. The lowest BCUT2D eigenvalue weighted by Gasteiger charge is -2.09. The van der Waals surface area contributed by atoms with Gasteiger partial charge < -0.3 is 52.2 Å². The number of allylic oxidation sites excluding steroid dienone is 2.